The molecule has 164 valence electrons. The van der Waals surface area contributed by atoms with Gasteiger partial charge in [0, 0.05) is 29.2 Å². The van der Waals surface area contributed by atoms with E-state index < -0.39 is 24.0 Å². The normalized spacial score (nSPS) is 22.9. The van der Waals surface area contributed by atoms with Gasteiger partial charge in [0.1, 0.15) is 11.5 Å². The smallest absolute Gasteiger partial charge is 0.543 e. The molecule has 0 aromatic carbocycles. The molecule has 2 aromatic rings. The molecule has 4 rings (SSSR count). The predicted octanol–water partition coefficient (Wildman–Crippen LogP) is -3.08. The van der Waals surface area contributed by atoms with Gasteiger partial charge < -0.3 is 25.6 Å². The van der Waals surface area contributed by atoms with Crippen molar-refractivity contribution in [2.75, 3.05) is 11.1 Å². The van der Waals surface area contributed by atoms with Gasteiger partial charge in [0.15, 0.2) is 0 Å². The van der Waals surface area contributed by atoms with E-state index in [0.717, 1.165) is 5.69 Å². The molecule has 4 atom stereocenters. The molecule has 2 aromatic heterocycles. The fourth-order valence-corrected chi connectivity index (χ4v) is 5.63. The molecule has 0 radical (unpaired) electrons. The van der Waals surface area contributed by atoms with Crippen molar-refractivity contribution in [3.05, 3.63) is 40.7 Å². The van der Waals surface area contributed by atoms with Crippen molar-refractivity contribution in [1.82, 2.24) is 14.3 Å². The number of amides is 3. The van der Waals surface area contributed by atoms with Crippen LogP contribution in [0.15, 0.2) is 35.0 Å². The van der Waals surface area contributed by atoms with Gasteiger partial charge in [0.25, 0.3) is 0 Å². The van der Waals surface area contributed by atoms with Crippen LogP contribution in [0.25, 0.3) is 5.65 Å². The van der Waals surface area contributed by atoms with E-state index >= 15 is 0 Å². The number of nitrogens with one attached hydrogen (secondary N) is 1. The molecule has 0 saturated carbocycles. The molecular weight excluding hydrogens is 445 g/mol. The number of fused-ring (bicyclic) bond motifs is 2. The molecule has 0 aliphatic carbocycles. The molecule has 12 heteroatoms. The number of nitrogens with two attached hydrogens (primary N) is 1. The van der Waals surface area contributed by atoms with Crippen LogP contribution in [-0.4, -0.2) is 55.2 Å². The summed E-state index contributed by atoms with van der Waals surface area (Å²) >= 11 is 1.36. The Balaban J connectivity index is 0.00000289. The molecule has 1 saturated heterocycles. The maximum Gasteiger partial charge on any atom is 1.00 e. The van der Waals surface area contributed by atoms with Crippen molar-refractivity contribution in [2.24, 2.45) is 17.6 Å². The zero-order chi connectivity index (χ0) is 22.4. The summed E-state index contributed by atoms with van der Waals surface area (Å²) in [6.07, 6.45) is 1.48. The number of hydrogen-bond donors (Lipinski definition) is 3. The number of urea groups is 1. The number of thioether (sulfide) groups is 1. The van der Waals surface area contributed by atoms with E-state index in [2.05, 4.69) is 10.3 Å². The number of imidazole rings is 1. The van der Waals surface area contributed by atoms with Gasteiger partial charge in [-0.05, 0) is 19.1 Å². The Morgan fingerprint density at radius 1 is 1.41 bits per heavy atom. The number of β-lactam (4-membered cyclic amide) rings is 1. The van der Waals surface area contributed by atoms with Crippen LogP contribution >= 0.6 is 11.8 Å². The summed E-state index contributed by atoms with van der Waals surface area (Å²) in [5.41, 5.74) is 6.51. The Hall–Kier alpha value is -2.05. The fraction of sp³-hybridized carbons (Fsp3) is 0.400. The Labute approximate surface area is 210 Å². The number of carbonyl (C=O) groups is 3. The molecule has 10 nitrogen and oxygen atoms in total. The van der Waals surface area contributed by atoms with E-state index in [4.69, 9.17) is 5.73 Å². The number of aromatic nitrogens is 2. The van der Waals surface area contributed by atoms with Crippen LogP contribution in [0.5, 0.6) is 0 Å². The van der Waals surface area contributed by atoms with Gasteiger partial charge in [-0.1, -0.05) is 13.0 Å². The molecule has 2 aliphatic rings. The molecule has 1 fully saturated rings. The first-order chi connectivity index (χ1) is 14.7. The molecule has 3 amide bonds. The topological polar surface area (TPSA) is 153 Å². The standard InChI is InChI=1S/C20H23N5O5S.Na/c1-9-15-14(10(2)26)18(27)25(15)16(19(28)29)17(9)31-7-6-11-8-24-12(22-11)4-3-5-13(24)23-20(21)30;/h3-5,8-10,14-15,26H,6-7H2,1-2H3,(H,28,29)(H3,21,23,30);/q;+1/p-1/t9-,10?,14?,15?;/m1./s1. The molecule has 4 heterocycles. The van der Waals surface area contributed by atoms with Crippen molar-refractivity contribution < 1.29 is 54.2 Å². The maximum atomic E-state index is 12.4. The van der Waals surface area contributed by atoms with Gasteiger partial charge in [0.05, 0.1) is 35.4 Å². The summed E-state index contributed by atoms with van der Waals surface area (Å²) in [5.74, 6) is -1.54. The number of aliphatic hydroxyl groups is 1. The van der Waals surface area contributed by atoms with Crippen LogP contribution in [0.4, 0.5) is 10.6 Å². The van der Waals surface area contributed by atoms with E-state index in [1.54, 1.807) is 35.7 Å². The van der Waals surface area contributed by atoms with Gasteiger partial charge in [-0.3, -0.25) is 14.5 Å². The Morgan fingerprint density at radius 3 is 2.75 bits per heavy atom. The van der Waals surface area contributed by atoms with Crippen LogP contribution in [0.3, 0.4) is 0 Å². The predicted molar refractivity (Wildman–Crippen MR) is 112 cm³/mol. The van der Waals surface area contributed by atoms with Crippen molar-refractivity contribution >= 4 is 41.1 Å². The third-order valence-corrected chi connectivity index (χ3v) is 7.00. The number of hydrogen-bond acceptors (Lipinski definition) is 7. The first kappa shape index (κ1) is 24.6. The third-order valence-electron chi connectivity index (χ3n) is 5.71. The Morgan fingerprint density at radius 2 is 2.12 bits per heavy atom. The SMILES string of the molecule is CC(O)C1C(=O)N2C(C(=O)[O-])=C(SCCc3cn4c(NC(N)=O)cccc4n3)[C@H](C)C12.[Na+]. The van der Waals surface area contributed by atoms with Gasteiger partial charge in [-0.2, -0.15) is 0 Å². The van der Waals surface area contributed by atoms with Crippen molar-refractivity contribution in [3.8, 4) is 0 Å². The molecule has 32 heavy (non-hydrogen) atoms. The summed E-state index contributed by atoms with van der Waals surface area (Å²) in [5, 5.41) is 24.2. The van der Waals surface area contributed by atoms with Crippen molar-refractivity contribution in [1.29, 1.82) is 0 Å². The number of carboxylic acids is 1. The summed E-state index contributed by atoms with van der Waals surface area (Å²) in [4.78, 5) is 41.7. The second kappa shape index (κ2) is 9.44. The summed E-state index contributed by atoms with van der Waals surface area (Å²) in [6.45, 7) is 3.41. The number of anilines is 1. The number of primary amides is 1. The number of nitrogens with zero attached hydrogens (tertiary/aromatic N) is 3. The fourth-order valence-electron chi connectivity index (χ4n) is 4.38. The van der Waals surface area contributed by atoms with Crippen LogP contribution in [0.1, 0.15) is 19.5 Å². The minimum absolute atomic E-state index is 0. The van der Waals surface area contributed by atoms with E-state index in [0.29, 0.717) is 28.5 Å². The van der Waals surface area contributed by atoms with Crippen LogP contribution in [-0.2, 0) is 16.0 Å². The van der Waals surface area contributed by atoms with E-state index in [1.807, 2.05) is 6.92 Å². The van der Waals surface area contributed by atoms with Crippen molar-refractivity contribution in [3.63, 3.8) is 0 Å². The number of pyridine rings is 1. The van der Waals surface area contributed by atoms with Crippen LogP contribution in [0.2, 0.25) is 0 Å². The van der Waals surface area contributed by atoms with E-state index in [-0.39, 0.29) is 53.1 Å². The summed E-state index contributed by atoms with van der Waals surface area (Å²) in [6, 6.07) is 4.22. The first-order valence-electron chi connectivity index (χ1n) is 9.83. The zero-order valence-electron chi connectivity index (χ0n) is 17.9. The summed E-state index contributed by atoms with van der Waals surface area (Å²) in [7, 11) is 0. The maximum absolute atomic E-state index is 12.4. The molecule has 0 spiro atoms. The largest absolute Gasteiger partial charge is 1.00 e. The number of aliphatic carboxylic acids is 1. The second-order valence-corrected chi connectivity index (χ2v) is 8.85. The average molecular weight is 467 g/mol. The third kappa shape index (κ3) is 4.15. The quantitative estimate of drug-likeness (QED) is 0.288. The number of rotatable bonds is 7. The van der Waals surface area contributed by atoms with Gasteiger partial charge >= 0.3 is 35.6 Å². The van der Waals surface area contributed by atoms with Crippen LogP contribution < -0.4 is 45.7 Å². The molecule has 4 N–H and O–H groups in total. The molecular formula is C20H22N5NaO5S. The van der Waals surface area contributed by atoms with Gasteiger partial charge in [-0.15, -0.1) is 11.8 Å². The average Bonchev–Trinajstić information content (AvgIpc) is 3.19. The molecule has 3 unspecified atom stereocenters. The van der Waals surface area contributed by atoms with Gasteiger partial charge in [-0.25, -0.2) is 9.78 Å². The minimum atomic E-state index is -1.39. The zero-order valence-corrected chi connectivity index (χ0v) is 20.8. The molecule has 2 aliphatic heterocycles. The van der Waals surface area contributed by atoms with E-state index in [1.165, 1.54) is 16.7 Å². The monoisotopic (exact) mass is 467 g/mol. The second-order valence-electron chi connectivity index (χ2n) is 7.71. The molecule has 0 bridgehead atoms. The Kier molecular flexibility index (Phi) is 7.25. The van der Waals surface area contributed by atoms with E-state index in [9.17, 15) is 24.6 Å². The number of carboxylic acid groups (broad SMARTS) is 1. The van der Waals surface area contributed by atoms with Crippen LogP contribution in [0, 0.1) is 11.8 Å². The minimum Gasteiger partial charge on any atom is -0.543 e. The summed E-state index contributed by atoms with van der Waals surface area (Å²) < 4.78 is 1.71. The number of aliphatic hydroxyl groups excluding tert-OH is 1. The van der Waals surface area contributed by atoms with Gasteiger partial charge in [0.2, 0.25) is 5.91 Å². The Bertz CT molecular complexity index is 1120. The number of aryl methyl sites for hydroxylation is 1. The first-order valence-corrected chi connectivity index (χ1v) is 10.8. The van der Waals surface area contributed by atoms with Crippen molar-refractivity contribution in [2.45, 2.75) is 32.4 Å². The number of carbonyl (C=O) groups excluding carboxylic acids is 3.